The average molecular weight is 328 g/mol. The summed E-state index contributed by atoms with van der Waals surface area (Å²) >= 11 is 0. The summed E-state index contributed by atoms with van der Waals surface area (Å²) in [6, 6.07) is 10.1. The molecule has 0 aromatic heterocycles. The lowest BCUT2D eigenvalue weighted by Gasteiger charge is -2.40. The predicted octanol–water partition coefficient (Wildman–Crippen LogP) is 2.65. The molecular weight excluding hydrogens is 302 g/mol. The zero-order valence-electron chi connectivity index (χ0n) is 13.4. The van der Waals surface area contributed by atoms with E-state index in [1.54, 1.807) is 7.11 Å². The van der Waals surface area contributed by atoms with Crippen LogP contribution in [0.5, 0.6) is 0 Å². The number of carbonyl (C=O) groups is 1. The van der Waals surface area contributed by atoms with Gasteiger partial charge in [-0.25, -0.2) is 0 Å². The highest BCUT2D eigenvalue weighted by Crippen LogP contribution is 2.36. The molecule has 1 fully saturated rings. The van der Waals surface area contributed by atoms with Crippen molar-refractivity contribution in [3.05, 3.63) is 35.9 Å². The van der Waals surface area contributed by atoms with Crippen molar-refractivity contribution >= 4 is 18.4 Å². The van der Waals surface area contributed by atoms with Crippen molar-refractivity contribution in [2.75, 3.05) is 40.0 Å². The lowest BCUT2D eigenvalue weighted by atomic mass is 9.72. The molecule has 2 rings (SSSR count). The van der Waals surface area contributed by atoms with Crippen LogP contribution in [0.1, 0.15) is 25.3 Å². The van der Waals surface area contributed by atoms with Crippen LogP contribution < -0.4 is 0 Å². The minimum atomic E-state index is -0.485. The van der Waals surface area contributed by atoms with Gasteiger partial charge in [-0.1, -0.05) is 30.3 Å². The first kappa shape index (κ1) is 18.9. The molecule has 0 N–H and O–H groups in total. The van der Waals surface area contributed by atoms with E-state index in [1.807, 2.05) is 37.3 Å². The van der Waals surface area contributed by atoms with Gasteiger partial charge in [-0.05, 0) is 38.4 Å². The fraction of sp³-hybridized carbons (Fsp3) is 0.588. The summed E-state index contributed by atoms with van der Waals surface area (Å²) in [7, 11) is 1.72. The zero-order chi connectivity index (χ0) is 15.1. The van der Waals surface area contributed by atoms with E-state index in [9.17, 15) is 4.79 Å². The van der Waals surface area contributed by atoms with E-state index in [0.29, 0.717) is 6.61 Å². The van der Waals surface area contributed by atoms with E-state index < -0.39 is 5.41 Å². The molecule has 1 aromatic rings. The normalized spacial score (nSPS) is 17.5. The van der Waals surface area contributed by atoms with Crippen molar-refractivity contribution in [1.82, 2.24) is 4.90 Å². The summed E-state index contributed by atoms with van der Waals surface area (Å²) in [6.45, 7) is 5.75. The number of ether oxygens (including phenoxy) is 2. The van der Waals surface area contributed by atoms with Crippen LogP contribution in [0.2, 0.25) is 0 Å². The largest absolute Gasteiger partial charge is 0.465 e. The number of hydrogen-bond donors (Lipinski definition) is 0. The van der Waals surface area contributed by atoms with Crippen LogP contribution in [0.25, 0.3) is 0 Å². The van der Waals surface area contributed by atoms with Crippen LogP contribution in [0.15, 0.2) is 30.3 Å². The van der Waals surface area contributed by atoms with Crippen LogP contribution in [-0.2, 0) is 19.7 Å². The molecule has 1 aliphatic heterocycles. The Morgan fingerprint density at radius 3 is 2.41 bits per heavy atom. The Balaban J connectivity index is 0.00000242. The Labute approximate surface area is 139 Å². The molecule has 5 heteroatoms. The first-order valence-corrected chi connectivity index (χ1v) is 7.67. The van der Waals surface area contributed by atoms with E-state index in [-0.39, 0.29) is 18.4 Å². The van der Waals surface area contributed by atoms with Gasteiger partial charge in [-0.15, -0.1) is 12.4 Å². The molecule has 22 heavy (non-hydrogen) atoms. The number of halogens is 1. The van der Waals surface area contributed by atoms with Crippen LogP contribution in [0, 0.1) is 0 Å². The van der Waals surface area contributed by atoms with E-state index in [2.05, 4.69) is 4.90 Å². The Hall–Kier alpha value is -1.10. The van der Waals surface area contributed by atoms with E-state index in [4.69, 9.17) is 9.47 Å². The molecule has 1 aliphatic rings. The number of methoxy groups -OCH3 is 1. The Kier molecular flexibility index (Phi) is 7.87. The lowest BCUT2D eigenvalue weighted by Crippen LogP contribution is -2.48. The first-order chi connectivity index (χ1) is 10.2. The van der Waals surface area contributed by atoms with E-state index in [1.165, 1.54) is 0 Å². The third kappa shape index (κ3) is 4.22. The van der Waals surface area contributed by atoms with Crippen molar-refractivity contribution in [2.24, 2.45) is 0 Å². The van der Waals surface area contributed by atoms with Gasteiger partial charge in [0.15, 0.2) is 0 Å². The van der Waals surface area contributed by atoms with Gasteiger partial charge in [0.2, 0.25) is 0 Å². The van der Waals surface area contributed by atoms with Crippen molar-refractivity contribution in [3.63, 3.8) is 0 Å². The highest BCUT2D eigenvalue weighted by atomic mass is 35.5. The number of likely N-dealkylation sites (tertiary alicyclic amines) is 1. The summed E-state index contributed by atoms with van der Waals surface area (Å²) in [6.07, 6.45) is 1.61. The molecule has 0 saturated carbocycles. The number of esters is 1. The van der Waals surface area contributed by atoms with Crippen LogP contribution >= 0.6 is 12.4 Å². The number of hydrogen-bond acceptors (Lipinski definition) is 4. The van der Waals surface area contributed by atoms with Gasteiger partial charge in [0, 0.05) is 13.7 Å². The summed E-state index contributed by atoms with van der Waals surface area (Å²) < 4.78 is 10.5. The quantitative estimate of drug-likeness (QED) is 0.753. The summed E-state index contributed by atoms with van der Waals surface area (Å²) in [4.78, 5) is 14.9. The molecule has 1 saturated heterocycles. The first-order valence-electron chi connectivity index (χ1n) is 7.67. The molecule has 4 nitrogen and oxygen atoms in total. The van der Waals surface area contributed by atoms with Gasteiger partial charge in [0.05, 0.1) is 18.6 Å². The molecule has 0 atom stereocenters. The highest BCUT2D eigenvalue weighted by Gasteiger charge is 2.43. The summed E-state index contributed by atoms with van der Waals surface area (Å²) in [5, 5.41) is 0. The Bertz CT molecular complexity index is 444. The van der Waals surface area contributed by atoms with Gasteiger partial charge in [0.25, 0.3) is 0 Å². The molecule has 0 amide bonds. The fourth-order valence-electron chi connectivity index (χ4n) is 3.02. The third-order valence-electron chi connectivity index (χ3n) is 4.31. The molecule has 124 valence electrons. The second-order valence-corrected chi connectivity index (χ2v) is 5.50. The maximum absolute atomic E-state index is 12.6. The minimum Gasteiger partial charge on any atom is -0.465 e. The van der Waals surface area contributed by atoms with Crippen LogP contribution in [-0.4, -0.2) is 50.8 Å². The van der Waals surface area contributed by atoms with Gasteiger partial charge in [0.1, 0.15) is 0 Å². The van der Waals surface area contributed by atoms with Crippen molar-refractivity contribution in [2.45, 2.75) is 25.2 Å². The van der Waals surface area contributed by atoms with Crippen LogP contribution in [0.4, 0.5) is 0 Å². The maximum Gasteiger partial charge on any atom is 0.316 e. The molecule has 1 aromatic carbocycles. The van der Waals surface area contributed by atoms with Gasteiger partial charge in [-0.2, -0.15) is 0 Å². The molecule has 0 spiro atoms. The fourth-order valence-corrected chi connectivity index (χ4v) is 3.02. The third-order valence-corrected chi connectivity index (χ3v) is 4.31. The predicted molar refractivity (Wildman–Crippen MR) is 89.6 cm³/mol. The number of benzene rings is 1. The summed E-state index contributed by atoms with van der Waals surface area (Å²) in [5.41, 5.74) is 0.593. The van der Waals surface area contributed by atoms with E-state index >= 15 is 0 Å². The number of rotatable bonds is 6. The van der Waals surface area contributed by atoms with Crippen LogP contribution in [0.3, 0.4) is 0 Å². The molecule has 0 bridgehead atoms. The SMILES string of the molecule is CCOC(=O)C1(c2ccccc2)CCN(CCOC)CC1.Cl. The van der Waals surface area contributed by atoms with Crippen molar-refractivity contribution in [1.29, 1.82) is 0 Å². The molecule has 0 unspecified atom stereocenters. The second-order valence-electron chi connectivity index (χ2n) is 5.50. The lowest BCUT2D eigenvalue weighted by molar-refractivity contribution is -0.152. The summed E-state index contributed by atoms with van der Waals surface area (Å²) in [5.74, 6) is -0.0809. The second kappa shape index (κ2) is 9.13. The maximum atomic E-state index is 12.6. The molecule has 0 aliphatic carbocycles. The minimum absolute atomic E-state index is 0. The zero-order valence-corrected chi connectivity index (χ0v) is 14.2. The smallest absolute Gasteiger partial charge is 0.316 e. The molecule has 0 radical (unpaired) electrons. The Morgan fingerprint density at radius 2 is 1.86 bits per heavy atom. The monoisotopic (exact) mass is 327 g/mol. The van der Waals surface area contributed by atoms with E-state index in [0.717, 1.165) is 44.6 Å². The van der Waals surface area contributed by atoms with Gasteiger partial charge in [-0.3, -0.25) is 4.79 Å². The highest BCUT2D eigenvalue weighted by molar-refractivity contribution is 5.85. The van der Waals surface area contributed by atoms with Gasteiger partial charge < -0.3 is 14.4 Å². The topological polar surface area (TPSA) is 38.8 Å². The Morgan fingerprint density at radius 1 is 1.23 bits per heavy atom. The number of nitrogens with zero attached hydrogens (tertiary/aromatic N) is 1. The van der Waals surface area contributed by atoms with Crippen molar-refractivity contribution < 1.29 is 14.3 Å². The average Bonchev–Trinajstić information content (AvgIpc) is 2.54. The standard InChI is InChI=1S/C17H25NO3.ClH/c1-3-21-16(19)17(15-7-5-4-6-8-15)9-11-18(12-10-17)13-14-20-2;/h4-8H,3,9-14H2,1-2H3;1H. The molecule has 1 heterocycles. The molecular formula is C17H26ClNO3. The van der Waals surface area contributed by atoms with Gasteiger partial charge >= 0.3 is 5.97 Å². The number of carbonyl (C=O) groups excluding carboxylic acids is 1. The number of piperidine rings is 1. The van der Waals surface area contributed by atoms with Crippen molar-refractivity contribution in [3.8, 4) is 0 Å².